The first kappa shape index (κ1) is 21.2. The second-order valence-electron chi connectivity index (χ2n) is 7.87. The Kier molecular flexibility index (Phi) is 5.40. The number of carbonyl (C=O) groups excluding carboxylic acids is 1. The van der Waals surface area contributed by atoms with Gasteiger partial charge < -0.3 is 19.9 Å². The molecular weight excluding hydrogens is 384 g/mol. The maximum atomic E-state index is 12.8. The molecule has 154 valence electrons. The minimum absolute atomic E-state index is 0.0411. The van der Waals surface area contributed by atoms with Crippen LogP contribution in [0.1, 0.15) is 33.3 Å². The Balaban J connectivity index is 1.69. The van der Waals surface area contributed by atoms with Crippen molar-refractivity contribution in [2.45, 2.75) is 45.1 Å². The number of urea groups is 1. The molecule has 1 heterocycles. The van der Waals surface area contributed by atoms with Gasteiger partial charge in [0.2, 0.25) is 0 Å². The molecule has 0 atom stereocenters. The number of benzene rings is 2. The van der Waals surface area contributed by atoms with Crippen LogP contribution >= 0.6 is 0 Å². The summed E-state index contributed by atoms with van der Waals surface area (Å²) in [4.78, 5) is 12.2. The molecule has 2 amide bonds. The molecule has 1 fully saturated rings. The molecule has 2 aromatic rings. The molecule has 0 saturated carbocycles. The number of alkyl halides is 3. The summed E-state index contributed by atoms with van der Waals surface area (Å²) in [5.41, 5.74) is -0.607. The number of nitrogens with one attached hydrogen (secondary N) is 2. The predicted octanol–water partition coefficient (Wildman–Crippen LogP) is 4.65. The van der Waals surface area contributed by atoms with Crippen LogP contribution in [0.25, 0.3) is 0 Å². The average Bonchev–Trinajstić information content (AvgIpc) is 2.82. The van der Waals surface area contributed by atoms with E-state index in [0.29, 0.717) is 5.69 Å². The Morgan fingerprint density at radius 1 is 0.897 bits per heavy atom. The number of hydrogen-bond acceptors (Lipinski definition) is 3. The van der Waals surface area contributed by atoms with Crippen molar-refractivity contribution >= 4 is 30.0 Å². The highest BCUT2D eigenvalue weighted by Crippen LogP contribution is 2.36. The van der Waals surface area contributed by atoms with E-state index in [4.69, 9.17) is 9.31 Å². The molecule has 1 aliphatic rings. The van der Waals surface area contributed by atoms with Gasteiger partial charge in [-0.05, 0) is 63.5 Å². The second kappa shape index (κ2) is 7.38. The van der Waals surface area contributed by atoms with E-state index in [9.17, 15) is 18.0 Å². The molecule has 0 radical (unpaired) electrons. The molecule has 5 nitrogen and oxygen atoms in total. The van der Waals surface area contributed by atoms with Crippen molar-refractivity contribution in [3.8, 4) is 0 Å². The number of hydrogen-bond donors (Lipinski definition) is 2. The molecule has 29 heavy (non-hydrogen) atoms. The molecule has 1 aliphatic heterocycles. The van der Waals surface area contributed by atoms with Gasteiger partial charge in [-0.15, -0.1) is 0 Å². The van der Waals surface area contributed by atoms with Crippen LogP contribution in [-0.2, 0) is 15.5 Å². The summed E-state index contributed by atoms with van der Waals surface area (Å²) in [6.07, 6.45) is -4.48. The van der Waals surface area contributed by atoms with Gasteiger partial charge in [-0.3, -0.25) is 0 Å². The van der Waals surface area contributed by atoms with Crippen molar-refractivity contribution < 1.29 is 27.3 Å². The third-order valence-corrected chi connectivity index (χ3v) is 5.12. The summed E-state index contributed by atoms with van der Waals surface area (Å²) in [6, 6.07) is 10.7. The van der Waals surface area contributed by atoms with Gasteiger partial charge in [0.15, 0.2) is 0 Å². The monoisotopic (exact) mass is 406 g/mol. The van der Waals surface area contributed by atoms with E-state index < -0.39 is 36.1 Å². The Hall–Kier alpha value is -2.52. The number of rotatable bonds is 3. The first-order chi connectivity index (χ1) is 13.4. The highest BCUT2D eigenvalue weighted by molar-refractivity contribution is 6.62. The van der Waals surface area contributed by atoms with Gasteiger partial charge >= 0.3 is 19.3 Å². The highest BCUT2D eigenvalue weighted by atomic mass is 19.4. The van der Waals surface area contributed by atoms with Crippen LogP contribution in [0.4, 0.5) is 29.3 Å². The van der Waals surface area contributed by atoms with E-state index in [0.717, 1.165) is 17.6 Å². The highest BCUT2D eigenvalue weighted by Gasteiger charge is 2.51. The third-order valence-electron chi connectivity index (χ3n) is 5.12. The van der Waals surface area contributed by atoms with Crippen molar-refractivity contribution in [3.63, 3.8) is 0 Å². The zero-order valence-electron chi connectivity index (χ0n) is 16.6. The molecule has 9 heteroatoms. The molecule has 0 spiro atoms. The lowest BCUT2D eigenvalue weighted by Crippen LogP contribution is -2.41. The van der Waals surface area contributed by atoms with Crippen molar-refractivity contribution in [1.29, 1.82) is 0 Å². The molecule has 0 aliphatic carbocycles. The van der Waals surface area contributed by atoms with Gasteiger partial charge in [0.1, 0.15) is 0 Å². The minimum Gasteiger partial charge on any atom is -0.399 e. The van der Waals surface area contributed by atoms with Gasteiger partial charge in [0.25, 0.3) is 0 Å². The Bertz CT molecular complexity index is 900. The zero-order chi connectivity index (χ0) is 21.4. The van der Waals surface area contributed by atoms with E-state index >= 15 is 0 Å². The van der Waals surface area contributed by atoms with E-state index in [1.807, 2.05) is 33.8 Å². The van der Waals surface area contributed by atoms with Crippen LogP contribution in [-0.4, -0.2) is 24.4 Å². The van der Waals surface area contributed by atoms with Crippen LogP contribution in [0.3, 0.4) is 0 Å². The lowest BCUT2D eigenvalue weighted by molar-refractivity contribution is -0.137. The Morgan fingerprint density at radius 3 is 1.97 bits per heavy atom. The summed E-state index contributed by atoms with van der Waals surface area (Å²) < 4.78 is 50.4. The van der Waals surface area contributed by atoms with Gasteiger partial charge in [-0.2, -0.15) is 13.2 Å². The molecule has 1 saturated heterocycles. The number of anilines is 2. The van der Waals surface area contributed by atoms with Crippen molar-refractivity contribution in [2.24, 2.45) is 0 Å². The topological polar surface area (TPSA) is 59.6 Å². The van der Waals surface area contributed by atoms with E-state index in [-0.39, 0.29) is 5.69 Å². The standard InChI is InChI=1S/C20H22BF3N2O3/c1-18(2)19(3,4)29-21(28-18)14-8-6-10-16(12-14)26-17(27)25-15-9-5-7-13(11-15)20(22,23)24/h5-12H,1-4H3,(H2,25,26,27). The zero-order valence-corrected chi connectivity index (χ0v) is 16.6. The first-order valence-corrected chi connectivity index (χ1v) is 9.08. The van der Waals surface area contributed by atoms with Crippen LogP contribution in [0.5, 0.6) is 0 Å². The molecule has 3 rings (SSSR count). The van der Waals surface area contributed by atoms with Crippen LogP contribution in [0, 0.1) is 0 Å². The first-order valence-electron chi connectivity index (χ1n) is 9.08. The van der Waals surface area contributed by atoms with Crippen molar-refractivity contribution in [3.05, 3.63) is 54.1 Å². The number of halogens is 3. The van der Waals surface area contributed by atoms with Gasteiger partial charge in [0, 0.05) is 11.4 Å². The fraction of sp³-hybridized carbons (Fsp3) is 0.350. The third kappa shape index (κ3) is 4.73. The molecular formula is C20H22BF3N2O3. The minimum atomic E-state index is -4.48. The maximum Gasteiger partial charge on any atom is 0.494 e. The van der Waals surface area contributed by atoms with Gasteiger partial charge in [-0.25, -0.2) is 4.79 Å². The second-order valence-corrected chi connectivity index (χ2v) is 7.87. The SMILES string of the molecule is CC1(C)OB(c2cccc(NC(=O)Nc3cccc(C(F)(F)F)c3)c2)OC1(C)C. The van der Waals surface area contributed by atoms with Gasteiger partial charge in [0.05, 0.1) is 16.8 Å². The quantitative estimate of drug-likeness (QED) is 0.730. The smallest absolute Gasteiger partial charge is 0.399 e. The lowest BCUT2D eigenvalue weighted by Gasteiger charge is -2.32. The summed E-state index contributed by atoms with van der Waals surface area (Å²) in [5, 5.41) is 5.02. The average molecular weight is 406 g/mol. The molecule has 0 unspecified atom stereocenters. The Labute approximate surface area is 167 Å². The van der Waals surface area contributed by atoms with E-state index in [1.165, 1.54) is 12.1 Å². The fourth-order valence-corrected chi connectivity index (χ4v) is 2.81. The molecule has 2 aromatic carbocycles. The number of carbonyl (C=O) groups is 1. The van der Waals surface area contributed by atoms with Crippen LogP contribution < -0.4 is 16.1 Å². The van der Waals surface area contributed by atoms with Gasteiger partial charge in [-0.1, -0.05) is 18.2 Å². The van der Waals surface area contributed by atoms with E-state index in [1.54, 1.807) is 18.2 Å². The molecule has 2 N–H and O–H groups in total. The predicted molar refractivity (Wildman–Crippen MR) is 106 cm³/mol. The largest absolute Gasteiger partial charge is 0.494 e. The summed E-state index contributed by atoms with van der Waals surface area (Å²) in [7, 11) is -0.590. The Morgan fingerprint density at radius 2 is 1.41 bits per heavy atom. The number of amides is 2. The summed E-state index contributed by atoms with van der Waals surface area (Å²) in [6.45, 7) is 7.77. The summed E-state index contributed by atoms with van der Waals surface area (Å²) >= 11 is 0. The van der Waals surface area contributed by atoms with Crippen LogP contribution in [0.2, 0.25) is 0 Å². The summed E-state index contributed by atoms with van der Waals surface area (Å²) in [5.74, 6) is 0. The van der Waals surface area contributed by atoms with Crippen molar-refractivity contribution in [2.75, 3.05) is 10.6 Å². The fourth-order valence-electron chi connectivity index (χ4n) is 2.81. The normalized spacial score (nSPS) is 17.8. The molecule has 0 bridgehead atoms. The van der Waals surface area contributed by atoms with Crippen LogP contribution in [0.15, 0.2) is 48.5 Å². The lowest BCUT2D eigenvalue weighted by atomic mass is 9.79. The molecule has 0 aromatic heterocycles. The van der Waals surface area contributed by atoms with E-state index in [2.05, 4.69) is 10.6 Å². The van der Waals surface area contributed by atoms with Crippen molar-refractivity contribution in [1.82, 2.24) is 0 Å². The maximum absolute atomic E-state index is 12.8.